The van der Waals surface area contributed by atoms with Gasteiger partial charge in [0.1, 0.15) is 5.82 Å². The zero-order chi connectivity index (χ0) is 13.8. The van der Waals surface area contributed by atoms with Crippen LogP contribution >= 0.6 is 11.8 Å². The van der Waals surface area contributed by atoms with Gasteiger partial charge >= 0.3 is 0 Å². The minimum absolute atomic E-state index is 0.0188. The minimum atomic E-state index is -0.0188. The Morgan fingerprint density at radius 2 is 2.00 bits per heavy atom. The first-order valence-corrected chi connectivity index (χ1v) is 7.38. The Morgan fingerprint density at radius 1 is 1.32 bits per heavy atom. The van der Waals surface area contributed by atoms with Crippen LogP contribution in [0.4, 0.5) is 0 Å². The molecule has 1 heterocycles. The Labute approximate surface area is 118 Å². The first-order valence-electron chi connectivity index (χ1n) is 6.50. The Morgan fingerprint density at radius 3 is 2.53 bits per heavy atom. The van der Waals surface area contributed by atoms with Crippen molar-refractivity contribution in [1.29, 1.82) is 0 Å². The van der Waals surface area contributed by atoms with Crippen molar-refractivity contribution in [2.75, 3.05) is 0 Å². The van der Waals surface area contributed by atoms with Gasteiger partial charge in [0.25, 0.3) is 0 Å². The van der Waals surface area contributed by atoms with Gasteiger partial charge in [-0.2, -0.15) is 0 Å². The van der Waals surface area contributed by atoms with Crippen molar-refractivity contribution in [2.45, 2.75) is 43.6 Å². The van der Waals surface area contributed by atoms with E-state index in [1.54, 1.807) is 11.8 Å². The quantitative estimate of drug-likeness (QED) is 0.824. The fourth-order valence-corrected chi connectivity index (χ4v) is 2.79. The number of hydrogen-bond acceptors (Lipinski definition) is 4. The lowest BCUT2D eigenvalue weighted by molar-refractivity contribution is 0.711. The molecular weight excluding hydrogens is 256 g/mol. The number of H-pyrrole nitrogens is 1. The number of nitrogens with two attached hydrogens (primary N) is 1. The lowest BCUT2D eigenvalue weighted by Crippen LogP contribution is -2.21. The molecule has 0 fully saturated rings. The maximum atomic E-state index is 6.30. The smallest absolute Gasteiger partial charge is 0.208 e. The third-order valence-electron chi connectivity index (χ3n) is 3.15. The summed E-state index contributed by atoms with van der Waals surface area (Å²) < 4.78 is 0. The topological polar surface area (TPSA) is 67.6 Å². The molecular formula is C14H20N4S. The maximum absolute atomic E-state index is 6.30. The number of benzene rings is 1. The van der Waals surface area contributed by atoms with E-state index < -0.39 is 0 Å². The number of aryl methyl sites for hydroxylation is 2. The second-order valence-corrected chi connectivity index (χ2v) is 5.99. The number of hydrogen-bond donors (Lipinski definition) is 2. The number of aromatic nitrogens is 3. The van der Waals surface area contributed by atoms with E-state index in [9.17, 15) is 0 Å². The fraction of sp³-hybridized carbons (Fsp3) is 0.429. The second-order valence-electron chi connectivity index (χ2n) is 4.65. The van der Waals surface area contributed by atoms with Crippen LogP contribution in [0.25, 0.3) is 0 Å². The number of aromatic amines is 1. The summed E-state index contributed by atoms with van der Waals surface area (Å²) in [6.07, 6.45) is 1.05. The summed E-state index contributed by atoms with van der Waals surface area (Å²) in [5.41, 5.74) is 8.79. The van der Waals surface area contributed by atoms with Crippen molar-refractivity contribution in [1.82, 2.24) is 15.2 Å². The van der Waals surface area contributed by atoms with Gasteiger partial charge in [-0.05, 0) is 24.5 Å². The Bertz CT molecular complexity index is 520. The van der Waals surface area contributed by atoms with Crippen LogP contribution in [0.1, 0.15) is 36.8 Å². The van der Waals surface area contributed by atoms with Gasteiger partial charge in [-0.3, -0.25) is 5.10 Å². The van der Waals surface area contributed by atoms with Gasteiger partial charge in [-0.1, -0.05) is 49.9 Å². The summed E-state index contributed by atoms with van der Waals surface area (Å²) in [4.78, 5) is 4.29. The molecule has 0 aliphatic carbocycles. The highest BCUT2D eigenvalue weighted by atomic mass is 32.2. The van der Waals surface area contributed by atoms with Crippen LogP contribution in [0.3, 0.4) is 0 Å². The van der Waals surface area contributed by atoms with E-state index in [-0.39, 0.29) is 11.3 Å². The van der Waals surface area contributed by atoms with Crippen LogP contribution in [0.2, 0.25) is 0 Å². The molecule has 2 aromatic rings. The molecule has 1 aromatic heterocycles. The molecule has 2 atom stereocenters. The van der Waals surface area contributed by atoms with Crippen LogP contribution in [-0.2, 0) is 6.42 Å². The highest BCUT2D eigenvalue weighted by molar-refractivity contribution is 7.99. The third kappa shape index (κ3) is 3.58. The van der Waals surface area contributed by atoms with Crippen molar-refractivity contribution >= 4 is 11.8 Å². The molecule has 4 nitrogen and oxygen atoms in total. The van der Waals surface area contributed by atoms with E-state index in [0.29, 0.717) is 0 Å². The van der Waals surface area contributed by atoms with Gasteiger partial charge in [-0.15, -0.1) is 5.10 Å². The molecule has 1 aromatic carbocycles. The molecule has 0 aliphatic heterocycles. The van der Waals surface area contributed by atoms with Gasteiger partial charge in [0.15, 0.2) is 0 Å². The minimum Gasteiger partial charge on any atom is -0.323 e. The molecule has 19 heavy (non-hydrogen) atoms. The number of nitrogens with zero attached hydrogens (tertiary/aromatic N) is 2. The molecule has 2 unspecified atom stereocenters. The first-order chi connectivity index (χ1) is 9.10. The molecule has 0 spiro atoms. The number of thioether (sulfide) groups is 1. The fourth-order valence-electron chi connectivity index (χ4n) is 1.86. The van der Waals surface area contributed by atoms with E-state index in [1.807, 2.05) is 6.92 Å². The predicted octanol–water partition coefficient (Wildman–Crippen LogP) is 2.86. The summed E-state index contributed by atoms with van der Waals surface area (Å²) >= 11 is 1.60. The van der Waals surface area contributed by atoms with Crippen LogP contribution in [0.5, 0.6) is 0 Å². The zero-order valence-corrected chi connectivity index (χ0v) is 12.4. The summed E-state index contributed by atoms with van der Waals surface area (Å²) in [5.74, 6) is 0.829. The molecule has 102 valence electrons. The largest absolute Gasteiger partial charge is 0.323 e. The summed E-state index contributed by atoms with van der Waals surface area (Å²) in [6, 6.07) is 8.50. The molecule has 2 rings (SSSR count). The molecule has 0 saturated heterocycles. The third-order valence-corrected chi connectivity index (χ3v) is 4.20. The Hall–Kier alpha value is -1.33. The van der Waals surface area contributed by atoms with Crippen molar-refractivity contribution < 1.29 is 0 Å². The van der Waals surface area contributed by atoms with Crippen molar-refractivity contribution in [3.63, 3.8) is 0 Å². The molecule has 3 N–H and O–H groups in total. The van der Waals surface area contributed by atoms with E-state index in [4.69, 9.17) is 5.73 Å². The lowest BCUT2D eigenvalue weighted by Gasteiger charge is -2.18. The van der Waals surface area contributed by atoms with Crippen LogP contribution < -0.4 is 5.73 Å². The van der Waals surface area contributed by atoms with Crippen LogP contribution in [-0.4, -0.2) is 20.4 Å². The summed E-state index contributed by atoms with van der Waals surface area (Å²) in [6.45, 7) is 6.15. The predicted molar refractivity (Wildman–Crippen MR) is 79.2 cm³/mol. The van der Waals surface area contributed by atoms with Crippen molar-refractivity contribution in [3.8, 4) is 0 Å². The zero-order valence-electron chi connectivity index (χ0n) is 11.6. The standard InChI is InChI=1S/C14H20N4S/c1-4-11-5-7-12(8-6-11)13(15)9(2)19-14-16-10(3)17-18-14/h5-9,13H,4,15H2,1-3H3,(H,16,17,18). The summed E-state index contributed by atoms with van der Waals surface area (Å²) in [7, 11) is 0. The van der Waals surface area contributed by atoms with Crippen LogP contribution in [0, 0.1) is 6.92 Å². The number of nitrogens with one attached hydrogen (secondary N) is 1. The second kappa shape index (κ2) is 6.21. The SMILES string of the molecule is CCc1ccc(C(N)C(C)Sc2n[nH]c(C)n2)cc1. The molecule has 0 aliphatic rings. The molecule has 5 heteroatoms. The highest BCUT2D eigenvalue weighted by Crippen LogP contribution is 2.28. The maximum Gasteiger partial charge on any atom is 0.208 e. The average molecular weight is 276 g/mol. The van der Waals surface area contributed by atoms with E-state index in [0.717, 1.165) is 23.0 Å². The monoisotopic (exact) mass is 276 g/mol. The summed E-state index contributed by atoms with van der Waals surface area (Å²) in [5, 5.41) is 7.96. The lowest BCUT2D eigenvalue weighted by atomic mass is 10.0. The normalized spacial score (nSPS) is 14.3. The number of rotatable bonds is 5. The van der Waals surface area contributed by atoms with E-state index in [1.165, 1.54) is 5.56 Å². The highest BCUT2D eigenvalue weighted by Gasteiger charge is 2.18. The van der Waals surface area contributed by atoms with Gasteiger partial charge in [0.05, 0.1) is 0 Å². The molecule has 0 radical (unpaired) electrons. The van der Waals surface area contributed by atoms with Crippen molar-refractivity contribution in [3.05, 3.63) is 41.2 Å². The van der Waals surface area contributed by atoms with Gasteiger partial charge in [0.2, 0.25) is 5.16 Å². The van der Waals surface area contributed by atoms with Gasteiger partial charge in [0, 0.05) is 11.3 Å². The van der Waals surface area contributed by atoms with Gasteiger partial charge < -0.3 is 5.73 Å². The molecule has 0 bridgehead atoms. The molecule has 0 amide bonds. The van der Waals surface area contributed by atoms with Crippen molar-refractivity contribution in [2.24, 2.45) is 5.73 Å². The molecule has 0 saturated carbocycles. The van der Waals surface area contributed by atoms with E-state index in [2.05, 4.69) is 53.3 Å². The van der Waals surface area contributed by atoms with Gasteiger partial charge in [-0.25, -0.2) is 4.98 Å². The van der Waals surface area contributed by atoms with E-state index >= 15 is 0 Å². The first kappa shape index (κ1) is 14.1. The Balaban J connectivity index is 2.03. The average Bonchev–Trinajstić information content (AvgIpc) is 2.83. The van der Waals surface area contributed by atoms with Crippen LogP contribution in [0.15, 0.2) is 29.4 Å². The Kier molecular flexibility index (Phi) is 4.61.